The fourth-order valence-corrected chi connectivity index (χ4v) is 3.74. The molecule has 0 aliphatic heterocycles. The number of rotatable bonds is 1. The van der Waals surface area contributed by atoms with E-state index in [9.17, 15) is 4.79 Å². The predicted octanol–water partition coefficient (Wildman–Crippen LogP) is 3.88. The van der Waals surface area contributed by atoms with Gasteiger partial charge in [-0.15, -0.1) is 0 Å². The minimum atomic E-state index is 0.315. The Morgan fingerprint density at radius 3 is 2.75 bits per heavy atom. The van der Waals surface area contributed by atoms with E-state index < -0.39 is 0 Å². The summed E-state index contributed by atoms with van der Waals surface area (Å²) in [6.07, 6.45) is 9.79. The van der Waals surface area contributed by atoms with Gasteiger partial charge < -0.3 is 4.57 Å². The number of nitrogens with zero attached hydrogens (tertiary/aromatic N) is 1. The van der Waals surface area contributed by atoms with Gasteiger partial charge in [0.05, 0.1) is 0 Å². The van der Waals surface area contributed by atoms with Crippen molar-refractivity contribution in [2.45, 2.75) is 44.9 Å². The zero-order valence-corrected chi connectivity index (χ0v) is 11.7. The van der Waals surface area contributed by atoms with Gasteiger partial charge in [0.2, 0.25) is 0 Å². The van der Waals surface area contributed by atoms with Crippen LogP contribution in [0.5, 0.6) is 0 Å². The lowest BCUT2D eigenvalue weighted by atomic mass is 9.90. The highest BCUT2D eigenvalue weighted by atomic mass is 16.1. The molecular weight excluding hydrogens is 246 g/mol. The molecule has 0 bridgehead atoms. The third-order valence-corrected chi connectivity index (χ3v) is 4.74. The summed E-state index contributed by atoms with van der Waals surface area (Å²) in [4.78, 5) is 12.0. The van der Waals surface area contributed by atoms with Crippen molar-refractivity contribution in [1.29, 1.82) is 0 Å². The topological polar surface area (TPSA) is 22.0 Å². The molecule has 0 radical (unpaired) electrons. The van der Waals surface area contributed by atoms with Gasteiger partial charge in [-0.2, -0.15) is 0 Å². The molecular formula is C18H19NO. The van der Waals surface area contributed by atoms with Gasteiger partial charge in [-0.25, -0.2) is 0 Å². The number of aryl methyl sites for hydroxylation is 1. The Labute approximate surface area is 119 Å². The summed E-state index contributed by atoms with van der Waals surface area (Å²) >= 11 is 0. The summed E-state index contributed by atoms with van der Waals surface area (Å²) < 4.78 is 2.27. The molecule has 4 rings (SSSR count). The van der Waals surface area contributed by atoms with Crippen LogP contribution >= 0.6 is 0 Å². The van der Waals surface area contributed by atoms with Crippen molar-refractivity contribution in [3.63, 3.8) is 0 Å². The van der Waals surface area contributed by atoms with E-state index in [1.807, 2.05) is 6.07 Å². The lowest BCUT2D eigenvalue weighted by molar-refractivity contribution is 0.0972. The van der Waals surface area contributed by atoms with Crippen LogP contribution in [0.4, 0.5) is 0 Å². The first-order valence-corrected chi connectivity index (χ1v) is 7.69. The summed E-state index contributed by atoms with van der Waals surface area (Å²) in [5, 5.41) is 0. The van der Waals surface area contributed by atoms with Crippen LogP contribution in [0.1, 0.15) is 52.9 Å². The van der Waals surface area contributed by atoms with Crippen molar-refractivity contribution in [1.82, 2.24) is 4.57 Å². The van der Waals surface area contributed by atoms with E-state index >= 15 is 0 Å². The van der Waals surface area contributed by atoms with Crippen LogP contribution in [0, 0.1) is 0 Å². The molecule has 1 aromatic carbocycles. The summed E-state index contributed by atoms with van der Waals surface area (Å²) in [5.41, 5.74) is 6.47. The van der Waals surface area contributed by atoms with E-state index in [0.717, 1.165) is 18.4 Å². The molecule has 0 spiro atoms. The Balaban J connectivity index is 1.88. The summed E-state index contributed by atoms with van der Waals surface area (Å²) in [5.74, 6) is 0.315. The van der Waals surface area contributed by atoms with Crippen LogP contribution in [-0.2, 0) is 19.3 Å². The Bertz CT molecular complexity index is 681. The molecule has 0 fully saturated rings. The Morgan fingerprint density at radius 1 is 0.900 bits per heavy atom. The molecule has 0 atom stereocenters. The molecule has 0 saturated heterocycles. The number of aromatic nitrogens is 1. The molecule has 0 amide bonds. The Kier molecular flexibility index (Phi) is 2.76. The average molecular weight is 265 g/mol. The molecule has 2 heteroatoms. The first kappa shape index (κ1) is 12.0. The first-order chi connectivity index (χ1) is 9.84. The second kappa shape index (κ2) is 4.62. The molecule has 0 saturated carbocycles. The second-order valence-corrected chi connectivity index (χ2v) is 5.94. The molecule has 1 heterocycles. The zero-order chi connectivity index (χ0) is 13.5. The van der Waals surface area contributed by atoms with Crippen LogP contribution < -0.4 is 0 Å². The van der Waals surface area contributed by atoms with Gasteiger partial charge in [0.1, 0.15) is 0 Å². The average Bonchev–Trinajstić information content (AvgIpc) is 2.92. The van der Waals surface area contributed by atoms with Crippen molar-refractivity contribution in [3.05, 3.63) is 52.8 Å². The van der Waals surface area contributed by atoms with Crippen molar-refractivity contribution >= 4 is 5.78 Å². The minimum absolute atomic E-state index is 0.315. The van der Waals surface area contributed by atoms with Gasteiger partial charge >= 0.3 is 0 Å². The van der Waals surface area contributed by atoms with E-state index in [1.54, 1.807) is 0 Å². The fourth-order valence-electron chi connectivity index (χ4n) is 3.74. The number of benzene rings is 1. The molecule has 2 nitrogen and oxygen atoms in total. The molecule has 2 aliphatic carbocycles. The van der Waals surface area contributed by atoms with Gasteiger partial charge in [0.15, 0.2) is 5.78 Å². The van der Waals surface area contributed by atoms with Crippen LogP contribution in [0.15, 0.2) is 30.5 Å². The molecule has 102 valence electrons. The Morgan fingerprint density at radius 2 is 1.80 bits per heavy atom. The van der Waals surface area contributed by atoms with Gasteiger partial charge in [0, 0.05) is 29.6 Å². The molecule has 0 N–H and O–H groups in total. The molecule has 20 heavy (non-hydrogen) atoms. The molecule has 2 aromatic rings. The number of hydrogen-bond donors (Lipinski definition) is 0. The van der Waals surface area contributed by atoms with Crippen LogP contribution in [0.2, 0.25) is 0 Å². The highest BCUT2D eigenvalue weighted by molar-refractivity contribution is 5.98. The van der Waals surface area contributed by atoms with Crippen LogP contribution in [-0.4, -0.2) is 10.4 Å². The summed E-state index contributed by atoms with van der Waals surface area (Å²) in [6, 6.07) is 8.65. The van der Waals surface area contributed by atoms with Crippen molar-refractivity contribution in [3.8, 4) is 5.69 Å². The lowest BCUT2D eigenvalue weighted by Gasteiger charge is -2.22. The number of hydrogen-bond acceptors (Lipinski definition) is 1. The number of ketones is 1. The van der Waals surface area contributed by atoms with Crippen LogP contribution in [0.3, 0.4) is 0 Å². The van der Waals surface area contributed by atoms with Gasteiger partial charge in [-0.05, 0) is 61.8 Å². The van der Waals surface area contributed by atoms with Gasteiger partial charge in [-0.1, -0.05) is 12.1 Å². The maximum Gasteiger partial charge on any atom is 0.164 e. The van der Waals surface area contributed by atoms with E-state index in [4.69, 9.17) is 0 Å². The van der Waals surface area contributed by atoms with Crippen molar-refractivity contribution < 1.29 is 4.79 Å². The maximum atomic E-state index is 12.0. The summed E-state index contributed by atoms with van der Waals surface area (Å²) in [7, 11) is 0. The number of carbonyl (C=O) groups is 1. The third kappa shape index (κ3) is 1.75. The van der Waals surface area contributed by atoms with Crippen molar-refractivity contribution in [2.75, 3.05) is 0 Å². The fraction of sp³-hybridized carbons (Fsp3) is 0.389. The van der Waals surface area contributed by atoms with Crippen LogP contribution in [0.25, 0.3) is 5.69 Å². The summed E-state index contributed by atoms with van der Waals surface area (Å²) in [6.45, 7) is 0. The van der Waals surface area contributed by atoms with E-state index in [-0.39, 0.29) is 0 Å². The standard InChI is InChI=1S/C18H19NO/c20-18-10-4-9-17-15(18)11-12-19(17)16-8-3-6-13-5-1-2-7-14(13)16/h3,6,8,11-12H,1-2,4-5,7,9-10H2. The van der Waals surface area contributed by atoms with E-state index in [1.165, 1.54) is 48.2 Å². The smallest absolute Gasteiger partial charge is 0.164 e. The number of Topliss-reactive ketones (excluding diaryl/α,β-unsaturated/α-hetero) is 1. The lowest BCUT2D eigenvalue weighted by Crippen LogP contribution is -2.14. The highest BCUT2D eigenvalue weighted by Gasteiger charge is 2.22. The van der Waals surface area contributed by atoms with Gasteiger partial charge in [-0.3, -0.25) is 4.79 Å². The monoisotopic (exact) mass is 265 g/mol. The quantitative estimate of drug-likeness (QED) is 0.767. The predicted molar refractivity (Wildman–Crippen MR) is 79.7 cm³/mol. The largest absolute Gasteiger partial charge is 0.320 e. The highest BCUT2D eigenvalue weighted by Crippen LogP contribution is 2.31. The van der Waals surface area contributed by atoms with E-state index in [0.29, 0.717) is 12.2 Å². The third-order valence-electron chi connectivity index (χ3n) is 4.74. The zero-order valence-electron chi connectivity index (χ0n) is 11.7. The molecule has 0 unspecified atom stereocenters. The van der Waals surface area contributed by atoms with E-state index in [2.05, 4.69) is 29.0 Å². The molecule has 1 aromatic heterocycles. The number of carbonyl (C=O) groups excluding carboxylic acids is 1. The van der Waals surface area contributed by atoms with Gasteiger partial charge in [0.25, 0.3) is 0 Å². The normalized spacial score (nSPS) is 17.7. The Hall–Kier alpha value is -1.83. The molecule has 2 aliphatic rings. The number of fused-ring (bicyclic) bond motifs is 2. The SMILES string of the molecule is O=C1CCCc2c1ccn2-c1cccc2c1CCCC2. The minimum Gasteiger partial charge on any atom is -0.320 e. The van der Waals surface area contributed by atoms with Crippen molar-refractivity contribution in [2.24, 2.45) is 0 Å². The first-order valence-electron chi connectivity index (χ1n) is 7.69. The maximum absolute atomic E-state index is 12.0. The second-order valence-electron chi connectivity index (χ2n) is 5.94.